The summed E-state index contributed by atoms with van der Waals surface area (Å²) in [5.41, 5.74) is 20.9. The van der Waals surface area contributed by atoms with Crippen molar-refractivity contribution in [1.29, 1.82) is 0 Å². The maximum absolute atomic E-state index is 5.43. The third-order valence-corrected chi connectivity index (χ3v) is 11.1. The molecule has 282 valence electrons. The van der Waals surface area contributed by atoms with Crippen LogP contribution in [0, 0.1) is 6.92 Å². The van der Waals surface area contributed by atoms with Gasteiger partial charge in [-0.15, -0.1) is 0 Å². The zero-order valence-electron chi connectivity index (χ0n) is 33.0. The van der Waals surface area contributed by atoms with E-state index in [1.54, 1.807) is 6.08 Å². The van der Waals surface area contributed by atoms with E-state index in [-0.39, 0.29) is 0 Å². The first-order valence-electron chi connectivity index (χ1n) is 19.8. The number of benzene rings is 7. The van der Waals surface area contributed by atoms with Crippen molar-refractivity contribution in [3.8, 4) is 22.3 Å². The molecule has 0 atom stereocenters. The molecule has 7 aromatic rings. The van der Waals surface area contributed by atoms with Crippen molar-refractivity contribution >= 4 is 22.5 Å². The van der Waals surface area contributed by atoms with Crippen molar-refractivity contribution < 1.29 is 0 Å². The van der Waals surface area contributed by atoms with Crippen LogP contribution in [-0.4, -0.2) is 0 Å². The van der Waals surface area contributed by atoms with Crippen molar-refractivity contribution in [2.75, 3.05) is 4.90 Å². The van der Waals surface area contributed by atoms with E-state index < -0.39 is 5.41 Å². The van der Waals surface area contributed by atoms with Gasteiger partial charge in [0, 0.05) is 12.4 Å². The second-order valence-electron chi connectivity index (χ2n) is 14.6. The van der Waals surface area contributed by atoms with Crippen molar-refractivity contribution in [3.63, 3.8) is 0 Å². The Morgan fingerprint density at radius 3 is 1.81 bits per heavy atom. The number of hydrazine groups is 1. The molecule has 3 N–H and O–H groups in total. The quantitative estimate of drug-likeness (QED) is 0.0923. The molecule has 1 aliphatic heterocycles. The number of hydrogen-bond acceptors (Lipinski definition) is 3. The Morgan fingerprint density at radius 1 is 0.569 bits per heavy atom. The average molecular weight is 750 g/mol. The molecule has 0 radical (unpaired) electrons. The molecule has 0 aromatic heterocycles. The lowest BCUT2D eigenvalue weighted by Crippen LogP contribution is -2.36. The highest BCUT2D eigenvalue weighted by Gasteiger charge is 2.51. The third-order valence-electron chi connectivity index (χ3n) is 11.1. The monoisotopic (exact) mass is 749 g/mol. The van der Waals surface area contributed by atoms with Crippen molar-refractivity contribution in [2.45, 2.75) is 19.3 Å². The molecule has 1 aliphatic carbocycles. The minimum absolute atomic E-state index is 0.397. The van der Waals surface area contributed by atoms with E-state index in [1.165, 1.54) is 72.6 Å². The predicted molar refractivity (Wildman–Crippen MR) is 246 cm³/mol. The van der Waals surface area contributed by atoms with E-state index in [2.05, 4.69) is 189 Å². The lowest BCUT2D eigenvalue weighted by Gasteiger charge is -2.44. The summed E-state index contributed by atoms with van der Waals surface area (Å²) in [5.74, 6) is 5.43. The highest BCUT2D eigenvalue weighted by Crippen LogP contribution is 2.62. The number of nitrogens with two attached hydrogens (primary N) is 1. The maximum Gasteiger partial charge on any atom is 0.0754 e. The highest BCUT2D eigenvalue weighted by molar-refractivity contribution is 5.95. The van der Waals surface area contributed by atoms with Crippen LogP contribution in [0.4, 0.5) is 11.4 Å². The number of nitrogens with one attached hydrogen (secondary N) is 1. The zero-order chi connectivity index (χ0) is 39.9. The average Bonchev–Trinajstić information content (AvgIpc) is 3.57. The molecule has 3 nitrogen and oxygen atoms in total. The van der Waals surface area contributed by atoms with Crippen LogP contribution in [0.5, 0.6) is 0 Å². The number of anilines is 2. The van der Waals surface area contributed by atoms with Gasteiger partial charge in [-0.1, -0.05) is 188 Å². The zero-order valence-corrected chi connectivity index (χ0v) is 33.0. The summed E-state index contributed by atoms with van der Waals surface area (Å²) in [4.78, 5) is 2.32. The Bertz CT molecular complexity index is 2650. The van der Waals surface area contributed by atoms with Gasteiger partial charge in [-0.2, -0.15) is 0 Å². The summed E-state index contributed by atoms with van der Waals surface area (Å²) in [7, 11) is 0. The minimum Gasteiger partial charge on any atom is -0.331 e. The van der Waals surface area contributed by atoms with Crippen LogP contribution in [0.3, 0.4) is 0 Å². The number of aryl methyl sites for hydroxylation is 1. The topological polar surface area (TPSA) is 41.3 Å². The normalized spacial score (nSPS) is 13.7. The van der Waals surface area contributed by atoms with Crippen LogP contribution in [0.1, 0.15) is 45.9 Å². The first-order valence-corrected chi connectivity index (χ1v) is 19.8. The molecule has 3 heteroatoms. The summed E-state index contributed by atoms with van der Waals surface area (Å²) in [6.45, 7) is 8.06. The van der Waals surface area contributed by atoms with E-state index in [0.29, 0.717) is 0 Å². The molecule has 0 saturated carbocycles. The van der Waals surface area contributed by atoms with Gasteiger partial charge in [-0.25, -0.2) is 0 Å². The fourth-order valence-corrected chi connectivity index (χ4v) is 8.53. The van der Waals surface area contributed by atoms with Gasteiger partial charge in [-0.3, -0.25) is 5.84 Å². The summed E-state index contributed by atoms with van der Waals surface area (Å²) in [6.07, 6.45) is 14.0. The number of para-hydroxylation sites is 2. The molecular weight excluding hydrogens is 703 g/mol. The molecule has 9 rings (SSSR count). The molecule has 0 fully saturated rings. The molecule has 1 heterocycles. The van der Waals surface area contributed by atoms with E-state index in [0.717, 1.165) is 11.1 Å². The van der Waals surface area contributed by atoms with E-state index in [1.807, 2.05) is 54.8 Å². The second kappa shape index (κ2) is 16.9. The summed E-state index contributed by atoms with van der Waals surface area (Å²) < 4.78 is 0. The van der Waals surface area contributed by atoms with Gasteiger partial charge in [0.25, 0.3) is 0 Å². The lowest BCUT2D eigenvalue weighted by atomic mass is 9.64. The number of hydrogen-bond donors (Lipinski definition) is 2. The molecule has 0 amide bonds. The SMILES string of the molecule is C/C(=C\C(=C/NN)c1ccccc1)c1ccccc1.C=C/C=C\C=C/N1c2ccccc2C2(c3ccccc3-c3cc(-c4cccc(C)c4)ccc32)c2ccccc21. The molecule has 0 bridgehead atoms. The van der Waals surface area contributed by atoms with E-state index in [9.17, 15) is 0 Å². The number of fused-ring (bicyclic) bond motifs is 9. The predicted octanol–water partition coefficient (Wildman–Crippen LogP) is 13.3. The third kappa shape index (κ3) is 7.05. The fraction of sp³-hybridized carbons (Fsp3) is 0.0545. The van der Waals surface area contributed by atoms with Crippen molar-refractivity contribution in [1.82, 2.24) is 5.43 Å². The Balaban J connectivity index is 0.000000208. The second-order valence-corrected chi connectivity index (χ2v) is 14.6. The van der Waals surface area contributed by atoms with Gasteiger partial charge < -0.3 is 10.3 Å². The van der Waals surface area contributed by atoms with Gasteiger partial charge in [0.05, 0.1) is 16.8 Å². The summed E-state index contributed by atoms with van der Waals surface area (Å²) in [5, 5.41) is 0. The maximum atomic E-state index is 5.43. The Kier molecular flexibility index (Phi) is 11.0. The Morgan fingerprint density at radius 2 is 1.16 bits per heavy atom. The van der Waals surface area contributed by atoms with Crippen molar-refractivity contribution in [2.24, 2.45) is 5.84 Å². The number of nitrogens with zero attached hydrogens (tertiary/aromatic N) is 1. The lowest BCUT2D eigenvalue weighted by molar-refractivity contribution is 0.752. The minimum atomic E-state index is -0.397. The molecule has 0 saturated heterocycles. The van der Waals surface area contributed by atoms with Gasteiger partial charge in [0.1, 0.15) is 0 Å². The summed E-state index contributed by atoms with van der Waals surface area (Å²) in [6, 6.07) is 63.1. The van der Waals surface area contributed by atoms with Crippen LogP contribution >= 0.6 is 0 Å². The van der Waals surface area contributed by atoms with Crippen LogP contribution in [0.2, 0.25) is 0 Å². The largest absolute Gasteiger partial charge is 0.331 e. The highest BCUT2D eigenvalue weighted by atomic mass is 15.2. The number of allylic oxidation sites excluding steroid dienone is 7. The van der Waals surface area contributed by atoms with Crippen molar-refractivity contribution in [3.05, 3.63) is 264 Å². The molecule has 58 heavy (non-hydrogen) atoms. The van der Waals surface area contributed by atoms with Crippen LogP contribution < -0.4 is 16.2 Å². The molecule has 2 aliphatic rings. The van der Waals surface area contributed by atoms with Gasteiger partial charge in [0.15, 0.2) is 0 Å². The molecular formula is C55H47N3. The molecule has 1 spiro atoms. The van der Waals surface area contributed by atoms with Gasteiger partial charge in [0.2, 0.25) is 0 Å². The first-order chi connectivity index (χ1) is 28.5. The Labute approximate surface area is 343 Å². The van der Waals surface area contributed by atoms with E-state index >= 15 is 0 Å². The van der Waals surface area contributed by atoms with E-state index in [4.69, 9.17) is 5.84 Å². The molecule has 7 aromatic carbocycles. The van der Waals surface area contributed by atoms with Gasteiger partial charge >= 0.3 is 0 Å². The van der Waals surface area contributed by atoms with Crippen LogP contribution in [0.25, 0.3) is 33.4 Å². The van der Waals surface area contributed by atoms with Crippen LogP contribution in [-0.2, 0) is 5.41 Å². The summed E-state index contributed by atoms with van der Waals surface area (Å²) >= 11 is 0. The smallest absolute Gasteiger partial charge is 0.0754 e. The number of rotatable bonds is 8. The standard InChI is InChI=1S/C38H29N.C17H18N2/c1-3-4-5-12-24-39-36-20-10-8-18-34(36)38(35-19-9-11-21-37(35)39)32-17-7-6-16-30(32)31-26-29(22-23-33(31)38)28-15-13-14-27(2)25-28;1-14(15-8-4-2-5-9-15)12-17(13-19-18)16-10-6-3-7-11-16/h3-26H,1H2,2H3;2-13,19H,18H2,1H3/b5-4-,24-12-;14-12+,17-13+. The first kappa shape index (κ1) is 37.7. The Hall–Kier alpha value is -7.20. The van der Waals surface area contributed by atoms with Gasteiger partial charge in [-0.05, 0) is 111 Å². The van der Waals surface area contributed by atoms with Crippen LogP contribution in [0.15, 0.2) is 225 Å². The fourth-order valence-electron chi connectivity index (χ4n) is 8.53. The molecule has 0 unspecified atom stereocenters.